The van der Waals surface area contributed by atoms with Crippen molar-refractivity contribution in [1.82, 2.24) is 19.8 Å². The van der Waals surface area contributed by atoms with Crippen molar-refractivity contribution in [3.8, 4) is 0 Å². The van der Waals surface area contributed by atoms with Gasteiger partial charge in [-0.1, -0.05) is 12.1 Å². The molecule has 2 fully saturated rings. The van der Waals surface area contributed by atoms with Crippen LogP contribution in [0.1, 0.15) is 24.7 Å². The van der Waals surface area contributed by atoms with Crippen LogP contribution in [0.3, 0.4) is 0 Å². The average Bonchev–Trinajstić information content (AvgIpc) is 2.76. The second-order valence-corrected chi connectivity index (χ2v) is 6.07. The summed E-state index contributed by atoms with van der Waals surface area (Å²) in [5, 5.41) is 2.97. The summed E-state index contributed by atoms with van der Waals surface area (Å²) in [6.45, 7) is 4.78. The van der Waals surface area contributed by atoms with Crippen molar-refractivity contribution in [2.45, 2.75) is 31.8 Å². The van der Waals surface area contributed by atoms with E-state index in [9.17, 15) is 4.79 Å². The number of likely N-dealkylation sites (tertiary alicyclic amines) is 1. The number of para-hydroxylation sites is 2. The predicted molar refractivity (Wildman–Crippen MR) is 81.1 cm³/mol. The Labute approximate surface area is 123 Å². The van der Waals surface area contributed by atoms with Crippen molar-refractivity contribution >= 4 is 16.9 Å². The summed E-state index contributed by atoms with van der Waals surface area (Å²) in [5.41, 5.74) is 2.26. The molecule has 5 heteroatoms. The van der Waals surface area contributed by atoms with Crippen LogP contribution < -0.4 is 5.32 Å². The number of aryl methyl sites for hydroxylation is 1. The first-order chi connectivity index (χ1) is 10.2. The molecule has 2 saturated heterocycles. The molecule has 1 unspecified atom stereocenters. The maximum Gasteiger partial charge on any atom is 0.237 e. The molecular formula is C16H20N4O. The van der Waals surface area contributed by atoms with Gasteiger partial charge in [0.15, 0.2) is 0 Å². The maximum absolute atomic E-state index is 11.9. The number of piperidine rings is 1. The number of aromatic nitrogens is 2. The van der Waals surface area contributed by atoms with Gasteiger partial charge in [-0.05, 0) is 31.9 Å². The van der Waals surface area contributed by atoms with E-state index in [0.717, 1.165) is 43.8 Å². The highest BCUT2D eigenvalue weighted by molar-refractivity contribution is 5.82. The fourth-order valence-corrected chi connectivity index (χ4v) is 3.64. The Kier molecular flexibility index (Phi) is 2.96. The van der Waals surface area contributed by atoms with Gasteiger partial charge in [0.2, 0.25) is 5.91 Å². The molecule has 0 spiro atoms. The van der Waals surface area contributed by atoms with E-state index in [4.69, 9.17) is 0 Å². The molecule has 0 bridgehead atoms. The van der Waals surface area contributed by atoms with Crippen LogP contribution in [-0.4, -0.2) is 46.0 Å². The van der Waals surface area contributed by atoms with Crippen molar-refractivity contribution in [2.75, 3.05) is 19.6 Å². The molecule has 3 heterocycles. The van der Waals surface area contributed by atoms with Crippen molar-refractivity contribution in [2.24, 2.45) is 0 Å². The van der Waals surface area contributed by atoms with Crippen LogP contribution in [-0.2, 0) is 4.79 Å². The first kappa shape index (κ1) is 12.8. The van der Waals surface area contributed by atoms with E-state index in [0.29, 0.717) is 6.04 Å². The molecule has 1 N–H and O–H groups in total. The Morgan fingerprint density at radius 2 is 2.10 bits per heavy atom. The maximum atomic E-state index is 11.9. The number of hydrogen-bond acceptors (Lipinski definition) is 3. The highest BCUT2D eigenvalue weighted by atomic mass is 16.2. The van der Waals surface area contributed by atoms with Crippen LogP contribution in [0.25, 0.3) is 11.0 Å². The normalized spacial score (nSPS) is 24.0. The summed E-state index contributed by atoms with van der Waals surface area (Å²) >= 11 is 0. The van der Waals surface area contributed by atoms with Gasteiger partial charge in [-0.3, -0.25) is 9.69 Å². The van der Waals surface area contributed by atoms with Gasteiger partial charge in [0.25, 0.3) is 0 Å². The molecule has 4 rings (SSSR count). The molecule has 1 amide bonds. The smallest absolute Gasteiger partial charge is 0.237 e. The second kappa shape index (κ2) is 4.84. The second-order valence-electron chi connectivity index (χ2n) is 6.07. The largest absolute Gasteiger partial charge is 0.355 e. The third-order valence-electron chi connectivity index (χ3n) is 4.72. The number of hydrogen-bond donors (Lipinski definition) is 1. The fourth-order valence-electron chi connectivity index (χ4n) is 3.64. The highest BCUT2D eigenvalue weighted by Gasteiger charge is 2.38. The van der Waals surface area contributed by atoms with Crippen LogP contribution in [0.4, 0.5) is 0 Å². The zero-order valence-corrected chi connectivity index (χ0v) is 12.2. The van der Waals surface area contributed by atoms with E-state index >= 15 is 0 Å². The molecule has 0 aliphatic carbocycles. The standard InChI is InChI=1S/C16H20N4O/c1-11-18-13-5-2-3-6-14(13)20(11)12-9-19(10-12)15-7-4-8-17-16(15)21/h2-3,5-6,12,15H,4,7-10H2,1H3,(H,17,21). The van der Waals surface area contributed by atoms with Crippen LogP contribution in [0, 0.1) is 6.92 Å². The zero-order chi connectivity index (χ0) is 14.4. The molecule has 21 heavy (non-hydrogen) atoms. The minimum Gasteiger partial charge on any atom is -0.355 e. The Bertz CT molecular complexity index is 687. The number of amides is 1. The molecule has 1 aromatic carbocycles. The molecule has 1 atom stereocenters. The summed E-state index contributed by atoms with van der Waals surface area (Å²) in [6, 6.07) is 8.79. The Balaban J connectivity index is 1.54. The molecule has 2 aromatic rings. The van der Waals surface area contributed by atoms with Gasteiger partial charge in [0.1, 0.15) is 5.82 Å². The zero-order valence-electron chi connectivity index (χ0n) is 12.2. The van der Waals surface area contributed by atoms with E-state index in [-0.39, 0.29) is 11.9 Å². The monoisotopic (exact) mass is 284 g/mol. The first-order valence-corrected chi connectivity index (χ1v) is 7.69. The third-order valence-corrected chi connectivity index (χ3v) is 4.72. The minimum atomic E-state index is 0.0742. The molecule has 5 nitrogen and oxygen atoms in total. The predicted octanol–water partition coefficient (Wildman–Crippen LogP) is 1.48. The molecule has 2 aliphatic heterocycles. The molecule has 110 valence electrons. The lowest BCUT2D eigenvalue weighted by atomic mass is 9.98. The third kappa shape index (κ3) is 2.03. The number of nitrogens with zero attached hydrogens (tertiary/aromatic N) is 3. The Hall–Kier alpha value is -1.88. The van der Waals surface area contributed by atoms with Crippen LogP contribution in [0.2, 0.25) is 0 Å². The number of carbonyl (C=O) groups excluding carboxylic acids is 1. The molecule has 0 saturated carbocycles. The lowest BCUT2D eigenvalue weighted by Gasteiger charge is -2.45. The van der Waals surface area contributed by atoms with Gasteiger partial charge in [-0.2, -0.15) is 0 Å². The average molecular weight is 284 g/mol. The fraction of sp³-hybridized carbons (Fsp3) is 0.500. The lowest BCUT2D eigenvalue weighted by molar-refractivity contribution is -0.131. The van der Waals surface area contributed by atoms with Crippen LogP contribution in [0.15, 0.2) is 24.3 Å². The first-order valence-electron chi connectivity index (χ1n) is 7.69. The van der Waals surface area contributed by atoms with Gasteiger partial charge in [0, 0.05) is 19.6 Å². The van der Waals surface area contributed by atoms with Gasteiger partial charge in [-0.25, -0.2) is 4.98 Å². The number of benzene rings is 1. The van der Waals surface area contributed by atoms with Crippen LogP contribution >= 0.6 is 0 Å². The van der Waals surface area contributed by atoms with E-state index in [2.05, 4.69) is 44.9 Å². The molecule has 2 aliphatic rings. The van der Waals surface area contributed by atoms with Gasteiger partial charge >= 0.3 is 0 Å². The van der Waals surface area contributed by atoms with Crippen molar-refractivity contribution in [1.29, 1.82) is 0 Å². The van der Waals surface area contributed by atoms with E-state index in [1.165, 1.54) is 5.52 Å². The Morgan fingerprint density at radius 1 is 1.29 bits per heavy atom. The topological polar surface area (TPSA) is 50.2 Å². The number of rotatable bonds is 2. The lowest BCUT2D eigenvalue weighted by Crippen LogP contribution is -2.59. The van der Waals surface area contributed by atoms with Crippen LogP contribution in [0.5, 0.6) is 0 Å². The quantitative estimate of drug-likeness (QED) is 0.909. The van der Waals surface area contributed by atoms with Gasteiger partial charge < -0.3 is 9.88 Å². The Morgan fingerprint density at radius 3 is 2.90 bits per heavy atom. The minimum absolute atomic E-state index is 0.0742. The van der Waals surface area contributed by atoms with E-state index in [1.54, 1.807) is 0 Å². The van der Waals surface area contributed by atoms with Crippen molar-refractivity contribution < 1.29 is 4.79 Å². The number of nitrogens with one attached hydrogen (secondary N) is 1. The summed E-state index contributed by atoms with van der Waals surface area (Å²) in [5.74, 6) is 1.26. The van der Waals surface area contributed by atoms with E-state index < -0.39 is 0 Å². The molecular weight excluding hydrogens is 264 g/mol. The summed E-state index contributed by atoms with van der Waals surface area (Å²) < 4.78 is 2.33. The summed E-state index contributed by atoms with van der Waals surface area (Å²) in [6.07, 6.45) is 2.08. The summed E-state index contributed by atoms with van der Waals surface area (Å²) in [7, 11) is 0. The SMILES string of the molecule is Cc1nc2ccccc2n1C1CN(C2CCCNC2=O)C1. The summed E-state index contributed by atoms with van der Waals surface area (Å²) in [4.78, 5) is 18.9. The molecule has 0 radical (unpaired) electrons. The molecule has 1 aromatic heterocycles. The van der Waals surface area contributed by atoms with Gasteiger partial charge in [-0.15, -0.1) is 0 Å². The number of fused-ring (bicyclic) bond motifs is 1. The van der Waals surface area contributed by atoms with Crippen molar-refractivity contribution in [3.63, 3.8) is 0 Å². The van der Waals surface area contributed by atoms with Crippen molar-refractivity contribution in [3.05, 3.63) is 30.1 Å². The number of imidazole rings is 1. The van der Waals surface area contributed by atoms with Gasteiger partial charge in [0.05, 0.1) is 23.1 Å². The highest BCUT2D eigenvalue weighted by Crippen LogP contribution is 2.30. The van der Waals surface area contributed by atoms with E-state index in [1.807, 2.05) is 6.07 Å². The number of carbonyl (C=O) groups is 1.